The van der Waals surface area contributed by atoms with Crippen molar-refractivity contribution in [2.45, 2.75) is 17.8 Å². The van der Waals surface area contributed by atoms with Crippen LogP contribution in [0.5, 0.6) is 0 Å². The lowest BCUT2D eigenvalue weighted by Gasteiger charge is -2.14. The van der Waals surface area contributed by atoms with Gasteiger partial charge in [-0.05, 0) is 19.1 Å². The first-order valence-corrected chi connectivity index (χ1v) is 7.33. The molecule has 0 fully saturated rings. The molecule has 96 valence electrons. The number of carbonyl (C=O) groups is 1. The first kappa shape index (κ1) is 13.2. The van der Waals surface area contributed by atoms with Crippen molar-refractivity contribution in [2.24, 2.45) is 0 Å². The Kier molecular flexibility index (Phi) is 4.43. The number of hydrogen-bond donors (Lipinski definition) is 0. The summed E-state index contributed by atoms with van der Waals surface area (Å²) in [5.74, 6) is 1.27. The molecule has 0 aromatic carbocycles. The molecule has 0 aliphatic heterocycles. The van der Waals surface area contributed by atoms with Crippen molar-refractivity contribution in [3.63, 3.8) is 0 Å². The third-order valence-corrected chi connectivity index (χ3v) is 4.44. The number of rotatable bonds is 5. The molecule has 2 aromatic heterocycles. The van der Waals surface area contributed by atoms with Crippen molar-refractivity contribution in [3.8, 4) is 0 Å². The second kappa shape index (κ2) is 6.06. The molecule has 0 atom stereocenters. The number of nitrogens with zero attached hydrogens (tertiary/aromatic N) is 2. The molecule has 2 aromatic rings. The van der Waals surface area contributed by atoms with Crippen LogP contribution in [0.3, 0.4) is 0 Å². The molecule has 0 saturated carbocycles. The van der Waals surface area contributed by atoms with Gasteiger partial charge in [0.1, 0.15) is 5.76 Å². The van der Waals surface area contributed by atoms with Crippen molar-refractivity contribution in [1.82, 2.24) is 9.88 Å². The van der Waals surface area contributed by atoms with Gasteiger partial charge in [-0.25, -0.2) is 4.98 Å². The fourth-order valence-corrected chi connectivity index (χ4v) is 3.15. The van der Waals surface area contributed by atoms with Crippen molar-refractivity contribution >= 4 is 29.0 Å². The van der Waals surface area contributed by atoms with Gasteiger partial charge < -0.3 is 9.32 Å². The molecular formula is C12H14N2O2S2. The lowest BCUT2D eigenvalue weighted by molar-refractivity contribution is -0.127. The van der Waals surface area contributed by atoms with Gasteiger partial charge in [0.15, 0.2) is 4.34 Å². The van der Waals surface area contributed by atoms with Crippen LogP contribution < -0.4 is 0 Å². The van der Waals surface area contributed by atoms with E-state index in [0.717, 1.165) is 15.8 Å². The van der Waals surface area contributed by atoms with Gasteiger partial charge in [0.2, 0.25) is 5.91 Å². The van der Waals surface area contributed by atoms with Crippen LogP contribution in [-0.4, -0.2) is 28.6 Å². The van der Waals surface area contributed by atoms with Gasteiger partial charge in [-0.2, -0.15) is 0 Å². The SMILES string of the molecule is Cc1csc(SCC(=O)N(C)Cc2ccco2)n1. The number of amides is 1. The van der Waals surface area contributed by atoms with Crippen LogP contribution in [0.1, 0.15) is 11.5 Å². The quantitative estimate of drug-likeness (QED) is 0.791. The van der Waals surface area contributed by atoms with Crippen molar-refractivity contribution in [3.05, 3.63) is 35.2 Å². The Labute approximate surface area is 114 Å². The second-order valence-corrected chi connectivity index (χ2v) is 5.95. The summed E-state index contributed by atoms with van der Waals surface area (Å²) in [5.41, 5.74) is 0.999. The van der Waals surface area contributed by atoms with Gasteiger partial charge in [0.25, 0.3) is 0 Å². The number of aryl methyl sites for hydroxylation is 1. The highest BCUT2D eigenvalue weighted by molar-refractivity contribution is 8.01. The lowest BCUT2D eigenvalue weighted by Crippen LogP contribution is -2.27. The first-order chi connectivity index (χ1) is 8.65. The molecule has 0 aliphatic rings. The summed E-state index contributed by atoms with van der Waals surface area (Å²) in [7, 11) is 1.78. The molecule has 0 unspecified atom stereocenters. The Morgan fingerprint density at radius 2 is 2.44 bits per heavy atom. The monoisotopic (exact) mass is 282 g/mol. The molecule has 6 heteroatoms. The average Bonchev–Trinajstić information content (AvgIpc) is 2.97. The summed E-state index contributed by atoms with van der Waals surface area (Å²) in [6.45, 7) is 2.45. The maximum atomic E-state index is 11.9. The van der Waals surface area contributed by atoms with E-state index < -0.39 is 0 Å². The predicted molar refractivity (Wildman–Crippen MR) is 72.8 cm³/mol. The van der Waals surface area contributed by atoms with Gasteiger partial charge in [-0.15, -0.1) is 11.3 Å². The van der Waals surface area contributed by atoms with Crippen LogP contribution >= 0.6 is 23.1 Å². The van der Waals surface area contributed by atoms with E-state index in [1.807, 2.05) is 24.4 Å². The minimum Gasteiger partial charge on any atom is -0.467 e. The summed E-state index contributed by atoms with van der Waals surface area (Å²) < 4.78 is 6.15. The van der Waals surface area contributed by atoms with E-state index in [1.54, 1.807) is 29.5 Å². The minimum atomic E-state index is 0.0734. The molecule has 1 amide bonds. The Hall–Kier alpha value is -1.27. The Balaban J connectivity index is 1.80. The number of furan rings is 1. The van der Waals surface area contributed by atoms with Crippen LogP contribution in [0.2, 0.25) is 0 Å². The highest BCUT2D eigenvalue weighted by atomic mass is 32.2. The van der Waals surface area contributed by atoms with E-state index in [4.69, 9.17) is 4.42 Å². The number of carbonyl (C=O) groups excluding carboxylic acids is 1. The third kappa shape index (κ3) is 3.61. The standard InChI is InChI=1S/C12H14N2O2S2/c1-9-7-17-12(13-9)18-8-11(15)14(2)6-10-4-3-5-16-10/h3-5,7H,6,8H2,1-2H3. The lowest BCUT2D eigenvalue weighted by atomic mass is 10.4. The molecule has 18 heavy (non-hydrogen) atoms. The Morgan fingerprint density at radius 1 is 1.61 bits per heavy atom. The van der Waals surface area contributed by atoms with Crippen LogP contribution in [-0.2, 0) is 11.3 Å². The van der Waals surface area contributed by atoms with Gasteiger partial charge in [-0.1, -0.05) is 11.8 Å². The Bertz CT molecular complexity index is 508. The molecule has 2 heterocycles. The topological polar surface area (TPSA) is 46.3 Å². The Morgan fingerprint density at radius 3 is 3.06 bits per heavy atom. The average molecular weight is 282 g/mol. The molecule has 0 bridgehead atoms. The van der Waals surface area contributed by atoms with E-state index in [0.29, 0.717) is 12.3 Å². The third-order valence-electron chi connectivity index (χ3n) is 2.32. The molecule has 0 aliphatic carbocycles. The first-order valence-electron chi connectivity index (χ1n) is 5.46. The van der Waals surface area contributed by atoms with E-state index in [-0.39, 0.29) is 5.91 Å². The van der Waals surface area contributed by atoms with E-state index in [1.165, 1.54) is 11.8 Å². The molecule has 0 radical (unpaired) electrons. The van der Waals surface area contributed by atoms with E-state index >= 15 is 0 Å². The van der Waals surface area contributed by atoms with Crippen molar-refractivity contribution < 1.29 is 9.21 Å². The highest BCUT2D eigenvalue weighted by Gasteiger charge is 2.12. The van der Waals surface area contributed by atoms with Crippen molar-refractivity contribution in [1.29, 1.82) is 0 Å². The van der Waals surface area contributed by atoms with Crippen LogP contribution in [0.25, 0.3) is 0 Å². The van der Waals surface area contributed by atoms with Crippen LogP contribution in [0, 0.1) is 6.92 Å². The maximum Gasteiger partial charge on any atom is 0.233 e. The predicted octanol–water partition coefficient (Wildman–Crippen LogP) is 2.80. The number of thiazole rings is 1. The number of hydrogen-bond acceptors (Lipinski definition) is 5. The highest BCUT2D eigenvalue weighted by Crippen LogP contribution is 2.22. The minimum absolute atomic E-state index is 0.0734. The van der Waals surface area contributed by atoms with Gasteiger partial charge in [0.05, 0.1) is 18.6 Å². The zero-order valence-electron chi connectivity index (χ0n) is 10.3. The molecule has 4 nitrogen and oxygen atoms in total. The normalized spacial score (nSPS) is 10.6. The molecular weight excluding hydrogens is 268 g/mol. The smallest absolute Gasteiger partial charge is 0.233 e. The fraction of sp³-hybridized carbons (Fsp3) is 0.333. The zero-order valence-corrected chi connectivity index (χ0v) is 11.9. The van der Waals surface area contributed by atoms with Crippen LogP contribution in [0.15, 0.2) is 32.5 Å². The number of thioether (sulfide) groups is 1. The van der Waals surface area contributed by atoms with E-state index in [9.17, 15) is 4.79 Å². The largest absolute Gasteiger partial charge is 0.467 e. The summed E-state index contributed by atoms with van der Waals surface area (Å²) in [4.78, 5) is 17.9. The van der Waals surface area contributed by atoms with Gasteiger partial charge >= 0.3 is 0 Å². The maximum absolute atomic E-state index is 11.9. The fourth-order valence-electron chi connectivity index (χ4n) is 1.36. The summed E-state index contributed by atoms with van der Waals surface area (Å²) in [6, 6.07) is 3.68. The van der Waals surface area contributed by atoms with Crippen LogP contribution in [0.4, 0.5) is 0 Å². The summed E-state index contributed by atoms with van der Waals surface area (Å²) in [6.07, 6.45) is 1.61. The molecule has 0 spiro atoms. The van der Waals surface area contributed by atoms with Crippen molar-refractivity contribution in [2.75, 3.05) is 12.8 Å². The summed E-state index contributed by atoms with van der Waals surface area (Å²) in [5, 5.41) is 1.99. The summed E-state index contributed by atoms with van der Waals surface area (Å²) >= 11 is 3.05. The molecule has 0 saturated heterocycles. The number of aromatic nitrogens is 1. The molecule has 2 rings (SSSR count). The van der Waals surface area contributed by atoms with Gasteiger partial charge in [0, 0.05) is 18.1 Å². The zero-order chi connectivity index (χ0) is 13.0. The van der Waals surface area contributed by atoms with E-state index in [2.05, 4.69) is 4.98 Å². The molecule has 0 N–H and O–H groups in total. The van der Waals surface area contributed by atoms with Gasteiger partial charge in [-0.3, -0.25) is 4.79 Å². The second-order valence-electron chi connectivity index (χ2n) is 3.87.